The van der Waals surface area contributed by atoms with Gasteiger partial charge in [-0.3, -0.25) is 14.6 Å². The molecule has 3 N–H and O–H groups in total. The predicted molar refractivity (Wildman–Crippen MR) is 82.3 cm³/mol. The van der Waals surface area contributed by atoms with Crippen LogP contribution in [-0.4, -0.2) is 23.0 Å². The average Bonchev–Trinajstić information content (AvgIpc) is 2.47. The van der Waals surface area contributed by atoms with Crippen LogP contribution in [-0.2, 0) is 11.2 Å². The van der Waals surface area contributed by atoms with Gasteiger partial charge in [0, 0.05) is 23.7 Å². The fourth-order valence-electron chi connectivity index (χ4n) is 2.15. The van der Waals surface area contributed by atoms with Gasteiger partial charge in [0.25, 0.3) is 5.56 Å². The number of benzene rings is 1. The van der Waals surface area contributed by atoms with Crippen molar-refractivity contribution in [2.75, 3.05) is 12.4 Å². The molecule has 8 heteroatoms. The minimum absolute atomic E-state index is 0.0243. The van der Waals surface area contributed by atoms with E-state index in [1.165, 1.54) is 19.2 Å². The molecule has 122 valence electrons. The second-order valence-electron chi connectivity index (χ2n) is 4.90. The van der Waals surface area contributed by atoms with E-state index in [0.29, 0.717) is 16.9 Å². The van der Waals surface area contributed by atoms with Crippen molar-refractivity contribution in [1.29, 1.82) is 0 Å². The Hall–Kier alpha value is -2.90. The van der Waals surface area contributed by atoms with Crippen molar-refractivity contribution in [3.8, 4) is 5.75 Å². The molecule has 0 aliphatic rings. The Morgan fingerprint density at radius 3 is 2.70 bits per heavy atom. The number of amides is 1. The van der Waals surface area contributed by atoms with Gasteiger partial charge < -0.3 is 15.0 Å². The summed E-state index contributed by atoms with van der Waals surface area (Å²) in [5.41, 5.74) is -0.00195. The monoisotopic (exact) mass is 321 g/mol. The number of aromatic nitrogens is 2. The number of halogens is 1. The Bertz CT molecular complexity index is 841. The van der Waals surface area contributed by atoms with Crippen LogP contribution in [0.25, 0.3) is 0 Å². The number of carbonyl (C=O) groups is 1. The third-order valence-electron chi connectivity index (χ3n) is 3.29. The number of aryl methyl sites for hydroxylation is 1. The first-order chi connectivity index (χ1) is 10.9. The number of ether oxygens (including phenoxy) is 1. The molecule has 23 heavy (non-hydrogen) atoms. The van der Waals surface area contributed by atoms with Crippen LogP contribution < -0.4 is 21.3 Å². The van der Waals surface area contributed by atoms with Gasteiger partial charge in [-0.2, -0.15) is 0 Å². The first kappa shape index (κ1) is 16.5. The molecule has 0 saturated heterocycles. The molecule has 0 atom stereocenters. The maximum atomic E-state index is 13.1. The van der Waals surface area contributed by atoms with Gasteiger partial charge in [-0.25, -0.2) is 9.18 Å². The third-order valence-corrected chi connectivity index (χ3v) is 3.29. The lowest BCUT2D eigenvalue weighted by Crippen LogP contribution is -2.27. The van der Waals surface area contributed by atoms with E-state index in [1.807, 2.05) is 0 Å². The summed E-state index contributed by atoms with van der Waals surface area (Å²) in [4.78, 5) is 39.4. The van der Waals surface area contributed by atoms with E-state index >= 15 is 0 Å². The second-order valence-corrected chi connectivity index (χ2v) is 4.90. The molecule has 1 heterocycles. The Labute approximate surface area is 130 Å². The molecule has 1 amide bonds. The van der Waals surface area contributed by atoms with Crippen LogP contribution >= 0.6 is 0 Å². The van der Waals surface area contributed by atoms with Gasteiger partial charge in [0.2, 0.25) is 5.91 Å². The Kier molecular flexibility index (Phi) is 4.95. The molecule has 0 aliphatic carbocycles. The molecule has 0 bridgehead atoms. The van der Waals surface area contributed by atoms with Gasteiger partial charge in [-0.1, -0.05) is 0 Å². The van der Waals surface area contributed by atoms with Gasteiger partial charge in [0.15, 0.2) is 0 Å². The molecular weight excluding hydrogens is 305 g/mol. The molecule has 0 unspecified atom stereocenters. The fraction of sp³-hybridized carbons (Fsp3) is 0.267. The number of rotatable bonds is 5. The maximum Gasteiger partial charge on any atom is 0.325 e. The highest BCUT2D eigenvalue weighted by atomic mass is 19.1. The quantitative estimate of drug-likeness (QED) is 0.767. The van der Waals surface area contributed by atoms with Crippen molar-refractivity contribution in [2.24, 2.45) is 0 Å². The summed E-state index contributed by atoms with van der Waals surface area (Å²) in [6.45, 7) is 1.59. The van der Waals surface area contributed by atoms with Crippen LogP contribution in [0.2, 0.25) is 0 Å². The number of hydrogen-bond acceptors (Lipinski definition) is 4. The molecule has 0 fully saturated rings. The first-order valence-corrected chi connectivity index (χ1v) is 6.86. The van der Waals surface area contributed by atoms with Crippen molar-refractivity contribution in [3.63, 3.8) is 0 Å². The van der Waals surface area contributed by atoms with Gasteiger partial charge in [0.1, 0.15) is 11.6 Å². The number of aromatic amines is 2. The molecule has 7 nitrogen and oxygen atoms in total. The maximum absolute atomic E-state index is 13.1. The summed E-state index contributed by atoms with van der Waals surface area (Å²) in [6.07, 6.45) is 0.184. The lowest BCUT2D eigenvalue weighted by Gasteiger charge is -2.10. The highest BCUT2D eigenvalue weighted by Crippen LogP contribution is 2.25. The molecule has 1 aromatic carbocycles. The number of methoxy groups -OCH3 is 1. The standard InChI is InChI=1S/C15H16FN3O4/c1-8-10(14(21)19-15(22)17-8)4-6-13(20)18-11-5-3-9(16)7-12(11)23-2/h3,5,7H,4,6H2,1-2H3,(H,18,20)(H2,17,19,21,22). The van der Waals surface area contributed by atoms with Gasteiger partial charge >= 0.3 is 5.69 Å². The summed E-state index contributed by atoms with van der Waals surface area (Å²) in [5, 5.41) is 2.59. The van der Waals surface area contributed by atoms with Gasteiger partial charge in [-0.15, -0.1) is 0 Å². The van der Waals surface area contributed by atoms with Crippen molar-refractivity contribution < 1.29 is 13.9 Å². The lowest BCUT2D eigenvalue weighted by atomic mass is 10.1. The Balaban J connectivity index is 2.07. The Morgan fingerprint density at radius 2 is 2.04 bits per heavy atom. The summed E-state index contributed by atoms with van der Waals surface area (Å²) >= 11 is 0. The minimum Gasteiger partial charge on any atom is -0.494 e. The minimum atomic E-state index is -0.586. The van der Waals surface area contributed by atoms with Crippen molar-refractivity contribution in [2.45, 2.75) is 19.8 Å². The molecule has 0 spiro atoms. The lowest BCUT2D eigenvalue weighted by molar-refractivity contribution is -0.116. The van der Waals surface area contributed by atoms with E-state index in [-0.39, 0.29) is 24.5 Å². The van der Waals surface area contributed by atoms with Crippen LogP contribution in [0.15, 0.2) is 27.8 Å². The summed E-state index contributed by atoms with van der Waals surface area (Å²) < 4.78 is 18.1. The average molecular weight is 321 g/mol. The van der Waals surface area contributed by atoms with E-state index in [4.69, 9.17) is 4.74 Å². The van der Waals surface area contributed by atoms with Crippen molar-refractivity contribution in [1.82, 2.24) is 9.97 Å². The third kappa shape index (κ3) is 4.06. The van der Waals surface area contributed by atoms with Crippen LogP contribution in [0.3, 0.4) is 0 Å². The fourth-order valence-corrected chi connectivity index (χ4v) is 2.15. The largest absolute Gasteiger partial charge is 0.494 e. The van der Waals surface area contributed by atoms with Crippen LogP contribution in [0.1, 0.15) is 17.7 Å². The molecule has 1 aromatic heterocycles. The van der Waals surface area contributed by atoms with E-state index in [0.717, 1.165) is 6.07 Å². The zero-order chi connectivity index (χ0) is 17.0. The first-order valence-electron chi connectivity index (χ1n) is 6.86. The number of nitrogens with one attached hydrogen (secondary N) is 3. The summed E-state index contributed by atoms with van der Waals surface area (Å²) in [7, 11) is 1.37. The Morgan fingerprint density at radius 1 is 1.30 bits per heavy atom. The highest BCUT2D eigenvalue weighted by Gasteiger charge is 2.11. The highest BCUT2D eigenvalue weighted by molar-refractivity contribution is 5.92. The number of anilines is 1. The van der Waals surface area contributed by atoms with E-state index < -0.39 is 17.1 Å². The normalized spacial score (nSPS) is 10.4. The van der Waals surface area contributed by atoms with E-state index in [9.17, 15) is 18.8 Å². The zero-order valence-corrected chi connectivity index (χ0v) is 12.7. The van der Waals surface area contributed by atoms with Crippen LogP contribution in [0, 0.1) is 12.7 Å². The molecule has 0 saturated carbocycles. The smallest absolute Gasteiger partial charge is 0.325 e. The SMILES string of the molecule is COc1cc(F)ccc1NC(=O)CCc1c(C)[nH]c(=O)[nH]c1=O. The second kappa shape index (κ2) is 6.91. The molecule has 2 aromatic rings. The van der Waals surface area contributed by atoms with Crippen LogP contribution in [0.4, 0.5) is 10.1 Å². The molecule has 2 rings (SSSR count). The molecule has 0 aliphatic heterocycles. The topological polar surface area (TPSA) is 104 Å². The molecular formula is C15H16FN3O4. The zero-order valence-electron chi connectivity index (χ0n) is 12.7. The number of hydrogen-bond donors (Lipinski definition) is 3. The van der Waals surface area contributed by atoms with Crippen molar-refractivity contribution >= 4 is 11.6 Å². The van der Waals surface area contributed by atoms with Gasteiger partial charge in [-0.05, 0) is 25.5 Å². The molecule has 0 radical (unpaired) electrons. The number of H-pyrrole nitrogens is 2. The van der Waals surface area contributed by atoms with Crippen molar-refractivity contribution in [3.05, 3.63) is 56.1 Å². The van der Waals surface area contributed by atoms with Crippen LogP contribution in [0.5, 0.6) is 5.75 Å². The number of carbonyl (C=O) groups excluding carboxylic acids is 1. The predicted octanol–water partition coefficient (Wildman–Crippen LogP) is 1.09. The summed E-state index contributed by atoms with van der Waals surface area (Å²) in [6, 6.07) is 3.76. The van der Waals surface area contributed by atoms with E-state index in [2.05, 4.69) is 15.3 Å². The summed E-state index contributed by atoms with van der Waals surface area (Å²) in [5.74, 6) is -0.633. The van der Waals surface area contributed by atoms with E-state index in [1.54, 1.807) is 6.92 Å². The van der Waals surface area contributed by atoms with Gasteiger partial charge in [0.05, 0.1) is 12.8 Å².